The maximum atomic E-state index is 13.3. The molecule has 9 atom stereocenters. The molecule has 0 aliphatic carbocycles. The molecule has 1 heterocycles. The lowest BCUT2D eigenvalue weighted by molar-refractivity contribution is -0.303. The molecule has 0 spiro atoms. The van der Waals surface area contributed by atoms with Crippen molar-refractivity contribution in [2.75, 3.05) is 13.2 Å². The van der Waals surface area contributed by atoms with E-state index in [9.17, 15) is 40.5 Å². The van der Waals surface area contributed by atoms with Gasteiger partial charge in [0, 0.05) is 0 Å². The lowest BCUT2D eigenvalue weighted by Crippen LogP contribution is -2.60. The van der Waals surface area contributed by atoms with Crippen LogP contribution in [0.15, 0.2) is 24.3 Å². The van der Waals surface area contributed by atoms with Gasteiger partial charge in [-0.15, -0.1) is 0 Å². The second-order valence-electron chi connectivity index (χ2n) is 26.7. The highest BCUT2D eigenvalue weighted by molar-refractivity contribution is 5.80. The highest BCUT2D eigenvalue weighted by Crippen LogP contribution is 2.24. The average molecular weight is 1220 g/mol. The molecule has 510 valence electrons. The van der Waals surface area contributed by atoms with Crippen molar-refractivity contribution in [1.29, 1.82) is 0 Å². The third-order valence-corrected chi connectivity index (χ3v) is 18.5. The lowest BCUT2D eigenvalue weighted by Gasteiger charge is -2.40. The van der Waals surface area contributed by atoms with E-state index in [4.69, 9.17) is 9.47 Å². The predicted molar refractivity (Wildman–Crippen MR) is 362 cm³/mol. The van der Waals surface area contributed by atoms with Crippen molar-refractivity contribution in [3.05, 3.63) is 24.3 Å². The molecule has 86 heavy (non-hydrogen) atoms. The van der Waals surface area contributed by atoms with Gasteiger partial charge in [-0.05, 0) is 51.4 Å². The van der Waals surface area contributed by atoms with E-state index in [1.165, 1.54) is 295 Å². The second kappa shape index (κ2) is 63.7. The number of allylic oxidation sites excluding steroid dienone is 4. The minimum Gasteiger partial charge on any atom is -0.394 e. The summed E-state index contributed by atoms with van der Waals surface area (Å²) in [5, 5.41) is 76.6. The molecule has 11 heteroatoms. The lowest BCUT2D eigenvalue weighted by atomic mass is 9.98. The van der Waals surface area contributed by atoms with Gasteiger partial charge in [-0.25, -0.2) is 0 Å². The molecular weight excluding hydrogens is 1070 g/mol. The van der Waals surface area contributed by atoms with Crippen LogP contribution in [-0.2, 0) is 14.3 Å². The molecule has 1 fully saturated rings. The Morgan fingerprint density at radius 3 is 1.03 bits per heavy atom. The van der Waals surface area contributed by atoms with E-state index in [1.807, 2.05) is 0 Å². The number of hydrogen-bond acceptors (Lipinski definition) is 10. The molecule has 1 rings (SSSR count). The molecule has 8 N–H and O–H groups in total. The summed E-state index contributed by atoms with van der Waals surface area (Å²) >= 11 is 0. The van der Waals surface area contributed by atoms with Crippen LogP contribution < -0.4 is 5.32 Å². The van der Waals surface area contributed by atoms with E-state index in [2.05, 4.69) is 43.5 Å². The Morgan fingerprint density at radius 1 is 0.395 bits per heavy atom. The number of rotatable bonds is 67. The van der Waals surface area contributed by atoms with Crippen LogP contribution in [0.3, 0.4) is 0 Å². The average Bonchev–Trinajstić information content (AvgIpc) is 3.30. The molecule has 1 saturated heterocycles. The van der Waals surface area contributed by atoms with E-state index < -0.39 is 74.2 Å². The number of nitrogens with one attached hydrogen (secondary N) is 1. The molecule has 1 aliphatic rings. The number of amides is 1. The molecular formula is C75H145NO10. The number of ether oxygens (including phenoxy) is 2. The molecule has 1 aliphatic heterocycles. The smallest absolute Gasteiger partial charge is 0.249 e. The first-order chi connectivity index (χ1) is 42.2. The predicted octanol–water partition coefficient (Wildman–Crippen LogP) is 18.8. The Morgan fingerprint density at radius 2 is 0.698 bits per heavy atom. The fraction of sp³-hybridized carbons (Fsp3) is 0.933. The normalized spacial score (nSPS) is 18.8. The van der Waals surface area contributed by atoms with Gasteiger partial charge < -0.3 is 50.5 Å². The van der Waals surface area contributed by atoms with E-state index in [0.29, 0.717) is 19.3 Å². The zero-order chi connectivity index (χ0) is 62.4. The van der Waals surface area contributed by atoms with Crippen LogP contribution in [0, 0.1) is 0 Å². The third-order valence-electron chi connectivity index (χ3n) is 18.5. The zero-order valence-corrected chi connectivity index (χ0v) is 56.6. The Hall–Kier alpha value is -1.41. The van der Waals surface area contributed by atoms with Crippen molar-refractivity contribution < 1.29 is 50.0 Å². The van der Waals surface area contributed by atoms with Gasteiger partial charge in [0.2, 0.25) is 5.91 Å². The Kier molecular flexibility index (Phi) is 61.2. The van der Waals surface area contributed by atoms with Crippen LogP contribution in [0.5, 0.6) is 0 Å². The fourth-order valence-corrected chi connectivity index (χ4v) is 12.5. The summed E-state index contributed by atoms with van der Waals surface area (Å²) in [6.45, 7) is 3.51. The Bertz CT molecular complexity index is 1450. The van der Waals surface area contributed by atoms with E-state index in [-0.39, 0.29) is 12.8 Å². The van der Waals surface area contributed by atoms with Crippen LogP contribution in [0.1, 0.15) is 380 Å². The molecule has 1 amide bonds. The fourth-order valence-electron chi connectivity index (χ4n) is 12.5. The van der Waals surface area contributed by atoms with Crippen molar-refractivity contribution in [2.24, 2.45) is 0 Å². The molecule has 0 aromatic rings. The summed E-state index contributed by atoms with van der Waals surface area (Å²) in [4.78, 5) is 13.3. The van der Waals surface area contributed by atoms with Crippen LogP contribution in [0.2, 0.25) is 0 Å². The van der Waals surface area contributed by atoms with Crippen LogP contribution in [-0.4, -0.2) is 110 Å². The summed E-state index contributed by atoms with van der Waals surface area (Å²) in [5.41, 5.74) is 0. The summed E-state index contributed by atoms with van der Waals surface area (Å²) in [6, 6.07) is -1.19. The quantitative estimate of drug-likeness (QED) is 0.0215. The molecule has 0 radical (unpaired) electrons. The first-order valence-corrected chi connectivity index (χ1v) is 37.7. The van der Waals surface area contributed by atoms with Crippen LogP contribution >= 0.6 is 0 Å². The maximum Gasteiger partial charge on any atom is 0.249 e. The van der Waals surface area contributed by atoms with Gasteiger partial charge in [0.05, 0.1) is 25.4 Å². The van der Waals surface area contributed by atoms with Crippen molar-refractivity contribution in [2.45, 2.75) is 435 Å². The number of unbranched alkanes of at least 4 members (excludes halogenated alkanes) is 51. The highest BCUT2D eigenvalue weighted by atomic mass is 16.7. The first-order valence-electron chi connectivity index (χ1n) is 37.7. The minimum absolute atomic E-state index is 0.250. The number of hydrogen-bond donors (Lipinski definition) is 8. The van der Waals surface area contributed by atoms with E-state index in [1.54, 1.807) is 0 Å². The SMILES string of the molecule is CCCCCCCCCCCCCCCCCCCCCCC/C=C/CC/C=C/CCCC(O)C(O)C(COC1OC(CO)C(O)C(O)C1O)NC(=O)C(O)CCCCCCCCCCCCCCCCCCCCCCCCCCCCCCC. The number of aliphatic hydroxyl groups excluding tert-OH is 7. The van der Waals surface area contributed by atoms with E-state index >= 15 is 0 Å². The van der Waals surface area contributed by atoms with Gasteiger partial charge in [-0.3, -0.25) is 4.79 Å². The van der Waals surface area contributed by atoms with Crippen molar-refractivity contribution in [1.82, 2.24) is 5.32 Å². The molecule has 0 aromatic heterocycles. The highest BCUT2D eigenvalue weighted by Gasteiger charge is 2.44. The molecule has 11 nitrogen and oxygen atoms in total. The molecule has 0 aromatic carbocycles. The number of aliphatic hydroxyl groups is 7. The number of carbonyl (C=O) groups is 1. The molecule has 0 saturated carbocycles. The maximum absolute atomic E-state index is 13.3. The zero-order valence-electron chi connectivity index (χ0n) is 56.6. The standard InChI is InChI=1S/C75H145NO10/c1-3-5-7-9-11-13-15-17-19-21-23-25-27-29-31-33-35-36-38-40-42-44-46-48-50-52-54-56-58-60-62-67(78)70(80)66(65-85-75-73(83)72(82)71(81)69(64-77)86-75)76-74(84)68(79)63-61-59-57-55-53-51-49-47-45-43-41-39-37-34-32-30-28-26-24-22-20-18-16-14-12-10-8-6-4-2/h46,48,54,56,66-73,75,77-83H,3-45,47,49-53,55,57-65H2,1-2H3,(H,76,84)/b48-46+,56-54+. The molecule has 9 unspecified atom stereocenters. The molecule has 0 bridgehead atoms. The van der Waals surface area contributed by atoms with Crippen molar-refractivity contribution in [3.8, 4) is 0 Å². The van der Waals surface area contributed by atoms with Gasteiger partial charge in [0.25, 0.3) is 0 Å². The Labute approximate surface area is 531 Å². The summed E-state index contributed by atoms with van der Waals surface area (Å²) in [7, 11) is 0. The van der Waals surface area contributed by atoms with Gasteiger partial charge >= 0.3 is 0 Å². The summed E-state index contributed by atoms with van der Waals surface area (Å²) in [6.07, 6.45) is 70.0. The topological polar surface area (TPSA) is 189 Å². The first kappa shape index (κ1) is 82.6. The van der Waals surface area contributed by atoms with Crippen molar-refractivity contribution >= 4 is 5.91 Å². The van der Waals surface area contributed by atoms with E-state index in [0.717, 1.165) is 38.5 Å². The van der Waals surface area contributed by atoms with Crippen LogP contribution in [0.4, 0.5) is 0 Å². The largest absolute Gasteiger partial charge is 0.394 e. The van der Waals surface area contributed by atoms with Gasteiger partial charge in [0.15, 0.2) is 6.29 Å². The second-order valence-corrected chi connectivity index (χ2v) is 26.7. The number of carbonyl (C=O) groups excluding carboxylic acids is 1. The van der Waals surface area contributed by atoms with Crippen LogP contribution in [0.25, 0.3) is 0 Å². The van der Waals surface area contributed by atoms with Gasteiger partial charge in [-0.2, -0.15) is 0 Å². The van der Waals surface area contributed by atoms with Gasteiger partial charge in [0.1, 0.15) is 36.6 Å². The van der Waals surface area contributed by atoms with Crippen molar-refractivity contribution in [3.63, 3.8) is 0 Å². The third kappa shape index (κ3) is 50.3. The summed E-state index contributed by atoms with van der Waals surface area (Å²) < 4.78 is 11.2. The van der Waals surface area contributed by atoms with Gasteiger partial charge in [-0.1, -0.05) is 353 Å². The minimum atomic E-state index is -1.67. The summed E-state index contributed by atoms with van der Waals surface area (Å²) in [5.74, 6) is -0.702. The monoisotopic (exact) mass is 1220 g/mol. The Balaban J connectivity index is 2.19.